The summed E-state index contributed by atoms with van der Waals surface area (Å²) in [6, 6.07) is 0. The molecule has 0 amide bonds. The second-order valence-electron chi connectivity index (χ2n) is 8.89. The van der Waals surface area contributed by atoms with Crippen molar-refractivity contribution in [3.63, 3.8) is 0 Å². The Morgan fingerprint density at radius 1 is 1.32 bits per heavy atom. The Labute approximate surface area is 218 Å². The Bertz CT molecular complexity index is 1050. The number of piperidine rings is 1. The number of halogens is 5. The lowest BCUT2D eigenvalue weighted by molar-refractivity contribution is -0.191. The Morgan fingerprint density at radius 2 is 2.00 bits per heavy atom. The molecule has 1 fully saturated rings. The summed E-state index contributed by atoms with van der Waals surface area (Å²) in [5, 5.41) is 2.61. The minimum absolute atomic E-state index is 0.00540. The van der Waals surface area contributed by atoms with Crippen molar-refractivity contribution >= 4 is 5.95 Å². The number of likely N-dealkylation sites (tertiary alicyclic amines) is 1. The van der Waals surface area contributed by atoms with Crippen LogP contribution in [-0.4, -0.2) is 76.6 Å². The van der Waals surface area contributed by atoms with Crippen LogP contribution in [-0.2, 0) is 11.3 Å². The van der Waals surface area contributed by atoms with Gasteiger partial charge in [-0.2, -0.15) is 13.2 Å². The van der Waals surface area contributed by atoms with Crippen LogP contribution in [0.25, 0.3) is 0 Å². The van der Waals surface area contributed by atoms with Crippen LogP contribution in [0, 0.1) is 0 Å². The van der Waals surface area contributed by atoms with E-state index in [4.69, 9.17) is 10.5 Å². The van der Waals surface area contributed by atoms with E-state index in [9.17, 15) is 22.0 Å². The van der Waals surface area contributed by atoms with Crippen LogP contribution in [0.1, 0.15) is 18.4 Å². The molecule has 1 unspecified atom stereocenters. The predicted octanol–water partition coefficient (Wildman–Crippen LogP) is 3.97. The summed E-state index contributed by atoms with van der Waals surface area (Å²) in [5.41, 5.74) is 6.30. The van der Waals surface area contributed by atoms with E-state index in [1.54, 1.807) is 48.6 Å². The third-order valence-electron chi connectivity index (χ3n) is 5.96. The van der Waals surface area contributed by atoms with E-state index in [-0.39, 0.29) is 28.7 Å². The van der Waals surface area contributed by atoms with Crippen LogP contribution in [0.2, 0.25) is 0 Å². The maximum atomic E-state index is 14.4. The second-order valence-corrected chi connectivity index (χ2v) is 8.89. The highest BCUT2D eigenvalue weighted by Gasteiger charge is 2.42. The van der Waals surface area contributed by atoms with E-state index >= 15 is 0 Å². The number of nitrogens with two attached hydrogens (primary N) is 1. The fraction of sp³-hybridized carbons (Fsp3) is 0.440. The van der Waals surface area contributed by atoms with E-state index in [2.05, 4.69) is 26.8 Å². The number of alkyl halides is 4. The summed E-state index contributed by atoms with van der Waals surface area (Å²) < 4.78 is 71.4. The summed E-state index contributed by atoms with van der Waals surface area (Å²) in [6.07, 6.45) is 5.83. The van der Waals surface area contributed by atoms with E-state index in [1.807, 2.05) is 0 Å². The third kappa shape index (κ3) is 8.47. The molecule has 2 aliphatic rings. The average Bonchev–Trinajstić information content (AvgIpc) is 2.88. The largest absolute Gasteiger partial charge is 0.490 e. The quantitative estimate of drug-likeness (QED) is 0.189. The van der Waals surface area contributed by atoms with Crippen molar-refractivity contribution in [1.82, 2.24) is 30.2 Å². The molecule has 3 heterocycles. The second kappa shape index (κ2) is 13.3. The van der Waals surface area contributed by atoms with Crippen molar-refractivity contribution in [2.24, 2.45) is 0 Å². The fourth-order valence-electron chi connectivity index (χ4n) is 3.92. The monoisotopic (exact) mass is 541 g/mol. The summed E-state index contributed by atoms with van der Waals surface area (Å²) in [4.78, 5) is 11.9. The minimum atomic E-state index is -5.14. The van der Waals surface area contributed by atoms with Crippen molar-refractivity contribution in [3.05, 3.63) is 78.4 Å². The average molecular weight is 542 g/mol. The zero-order valence-corrected chi connectivity index (χ0v) is 21.0. The number of anilines is 1. The number of nitrogens with zero attached hydrogens (tertiary/aromatic N) is 5. The molecule has 3 rings (SSSR count). The number of nitrogen functional groups attached to an aromatic ring is 1. The summed E-state index contributed by atoms with van der Waals surface area (Å²) in [7, 11) is 1.63. The predicted molar refractivity (Wildman–Crippen MR) is 134 cm³/mol. The topological polar surface area (TPSA) is 82.8 Å². The van der Waals surface area contributed by atoms with Gasteiger partial charge in [0, 0.05) is 57.4 Å². The molecule has 3 N–H and O–H groups in total. The number of allylic oxidation sites excluding steroid dienone is 4. The first kappa shape index (κ1) is 29.0. The molecule has 0 bridgehead atoms. The number of ether oxygens (including phenoxy) is 1. The zero-order valence-electron chi connectivity index (χ0n) is 21.0. The third-order valence-corrected chi connectivity index (χ3v) is 5.96. The molecule has 0 saturated carbocycles. The molecule has 0 aliphatic carbocycles. The lowest BCUT2D eigenvalue weighted by Gasteiger charge is -2.32. The van der Waals surface area contributed by atoms with Crippen molar-refractivity contribution in [2.75, 3.05) is 39.0 Å². The van der Waals surface area contributed by atoms with Gasteiger partial charge in [-0.25, -0.2) is 19.5 Å². The first-order valence-electron chi connectivity index (χ1n) is 12.0. The first-order chi connectivity index (χ1) is 18.1. The van der Waals surface area contributed by atoms with E-state index in [0.29, 0.717) is 12.3 Å². The van der Waals surface area contributed by atoms with Crippen LogP contribution < -0.4 is 11.1 Å². The van der Waals surface area contributed by atoms with Crippen molar-refractivity contribution < 1.29 is 26.8 Å². The van der Waals surface area contributed by atoms with Crippen LogP contribution in [0.3, 0.4) is 0 Å². The van der Waals surface area contributed by atoms with Gasteiger partial charge in [-0.1, -0.05) is 17.1 Å². The van der Waals surface area contributed by atoms with Crippen LogP contribution in [0.4, 0.5) is 28.0 Å². The number of likely N-dealkylation sites (N-methyl/N-ethyl adjacent to an activating group) is 1. The number of nitrogens with one attached hydrogen (secondary N) is 1. The SMILES string of the molecule is C=C/C(=C\C=C\NC1=C(N(F)CC(F)C(F)(F)F)C=CCN1C)OC1CCN(Cc2cnc(N)nc2)CC1. The lowest BCUT2D eigenvalue weighted by Crippen LogP contribution is -2.38. The summed E-state index contributed by atoms with van der Waals surface area (Å²) in [6.45, 7) is 5.10. The van der Waals surface area contributed by atoms with Gasteiger partial charge in [0.2, 0.25) is 12.1 Å². The van der Waals surface area contributed by atoms with Gasteiger partial charge in [0.25, 0.3) is 0 Å². The molecule has 38 heavy (non-hydrogen) atoms. The van der Waals surface area contributed by atoms with Crippen molar-refractivity contribution in [1.29, 1.82) is 0 Å². The van der Waals surface area contributed by atoms with Gasteiger partial charge >= 0.3 is 6.18 Å². The van der Waals surface area contributed by atoms with Gasteiger partial charge in [-0.05, 0) is 37.1 Å². The molecule has 2 aliphatic heterocycles. The molecule has 0 aromatic carbocycles. The molecular formula is C25H32F5N7O. The number of rotatable bonds is 11. The van der Waals surface area contributed by atoms with E-state index in [0.717, 1.165) is 38.0 Å². The normalized spacial score (nSPS) is 18.7. The Balaban J connectivity index is 1.53. The molecule has 13 heteroatoms. The van der Waals surface area contributed by atoms with Gasteiger partial charge in [0.05, 0.1) is 6.54 Å². The maximum Gasteiger partial charge on any atom is 0.421 e. The zero-order chi connectivity index (χ0) is 27.7. The van der Waals surface area contributed by atoms with Crippen molar-refractivity contribution in [3.8, 4) is 0 Å². The van der Waals surface area contributed by atoms with Gasteiger partial charge in [-0.15, -0.1) is 0 Å². The van der Waals surface area contributed by atoms with Crippen LogP contribution in [0.5, 0.6) is 0 Å². The highest BCUT2D eigenvalue weighted by molar-refractivity contribution is 5.28. The number of aromatic nitrogens is 2. The molecule has 1 aromatic heterocycles. The molecule has 208 valence electrons. The molecule has 0 radical (unpaired) electrons. The molecule has 1 aromatic rings. The fourth-order valence-corrected chi connectivity index (χ4v) is 3.92. The Morgan fingerprint density at radius 3 is 2.63 bits per heavy atom. The minimum Gasteiger partial charge on any atom is -0.490 e. The Hall–Kier alpha value is -3.61. The first-order valence-corrected chi connectivity index (χ1v) is 12.0. The Kier molecular flexibility index (Phi) is 10.1. The van der Waals surface area contributed by atoms with E-state index < -0.39 is 18.9 Å². The van der Waals surface area contributed by atoms with Gasteiger partial charge in [-0.3, -0.25) is 4.90 Å². The van der Waals surface area contributed by atoms with Gasteiger partial charge < -0.3 is 20.7 Å². The van der Waals surface area contributed by atoms with Gasteiger partial charge in [0.15, 0.2) is 0 Å². The molecule has 8 nitrogen and oxygen atoms in total. The standard InChI is InChI=1S/C25H32F5N7O/c1-3-19(38-20-8-12-36(13-9-20)16-18-14-33-24(31)34-15-18)6-4-10-32-23-21(7-5-11-35(23)2)37(30)17-22(26)25(27,28)29/h3-7,10,14-15,20,22,32H,1,8-9,11-13,16-17H2,2H3,(H2,31,33,34)/b10-4+,19-6+. The highest BCUT2D eigenvalue weighted by Crippen LogP contribution is 2.26. The molecule has 1 atom stereocenters. The summed E-state index contributed by atoms with van der Waals surface area (Å²) >= 11 is 0. The molecular weight excluding hydrogens is 509 g/mol. The van der Waals surface area contributed by atoms with Gasteiger partial charge in [0.1, 0.15) is 23.4 Å². The maximum absolute atomic E-state index is 14.4. The number of hydrogen-bond acceptors (Lipinski definition) is 8. The highest BCUT2D eigenvalue weighted by atomic mass is 19.4. The number of hydrogen-bond donors (Lipinski definition) is 2. The summed E-state index contributed by atoms with van der Waals surface area (Å²) in [5.74, 6) is 0.972. The molecule has 0 spiro atoms. The van der Waals surface area contributed by atoms with Crippen molar-refractivity contribution in [2.45, 2.75) is 37.8 Å². The lowest BCUT2D eigenvalue weighted by atomic mass is 10.1. The van der Waals surface area contributed by atoms with E-state index in [1.165, 1.54) is 12.3 Å². The molecule has 1 saturated heterocycles. The van der Waals surface area contributed by atoms with Crippen LogP contribution in [0.15, 0.2) is 72.8 Å². The van der Waals surface area contributed by atoms with Crippen LogP contribution >= 0.6 is 0 Å². The smallest absolute Gasteiger partial charge is 0.421 e.